The molecule has 0 saturated carbocycles. The van der Waals surface area contributed by atoms with Gasteiger partial charge in [0.1, 0.15) is 0 Å². The van der Waals surface area contributed by atoms with Gasteiger partial charge in [0.05, 0.1) is 0 Å². The Kier molecular flexibility index (Phi) is 7.88. The number of aryl methyl sites for hydroxylation is 1. The minimum atomic E-state index is 0. The number of rotatable bonds is 0. The van der Waals surface area contributed by atoms with E-state index in [-0.39, 0.29) is 40.0 Å². The molecule has 1 aromatic rings. The maximum atomic E-state index is 3.73. The molecule has 0 amide bonds. The Hall–Kier alpha value is 0.456. The van der Waals surface area contributed by atoms with E-state index >= 15 is 0 Å². The minimum absolute atomic E-state index is 0. The summed E-state index contributed by atoms with van der Waals surface area (Å²) in [5.41, 5.74) is 0. The van der Waals surface area contributed by atoms with Gasteiger partial charge in [-0.05, 0) is 7.05 Å². The van der Waals surface area contributed by atoms with Gasteiger partial charge in [-0.2, -0.15) is 6.20 Å². The molecular formula is C4H5BrMgN2. The molecule has 0 aliphatic carbocycles. The Morgan fingerprint density at radius 2 is 2.25 bits per heavy atom. The quantitative estimate of drug-likeness (QED) is 0.308. The smallest absolute Gasteiger partial charge is 1.00 e. The molecule has 40 valence electrons. The predicted octanol–water partition coefficient (Wildman–Crippen LogP) is -3.16. The molecule has 0 radical (unpaired) electrons. The molecule has 0 N–H and O–H groups in total. The molecule has 0 aliphatic rings. The summed E-state index contributed by atoms with van der Waals surface area (Å²) in [4.78, 5) is 3.73. The van der Waals surface area contributed by atoms with Crippen LogP contribution in [0.1, 0.15) is 0 Å². The van der Waals surface area contributed by atoms with Crippen LogP contribution in [0.25, 0.3) is 0 Å². The van der Waals surface area contributed by atoms with E-state index < -0.39 is 0 Å². The average molecular weight is 185 g/mol. The Labute approximate surface area is 75.2 Å². The fourth-order valence-electron chi connectivity index (χ4n) is 0.291. The average Bonchev–Trinajstić information content (AvgIpc) is 1.86. The summed E-state index contributed by atoms with van der Waals surface area (Å²) in [7, 11) is 1.88. The van der Waals surface area contributed by atoms with Gasteiger partial charge in [-0.1, -0.05) is 12.5 Å². The molecule has 0 spiro atoms. The number of hydrogen-bond donors (Lipinski definition) is 0. The van der Waals surface area contributed by atoms with Crippen molar-refractivity contribution < 1.29 is 17.0 Å². The van der Waals surface area contributed by atoms with Gasteiger partial charge in [-0.25, -0.2) is 0 Å². The summed E-state index contributed by atoms with van der Waals surface area (Å²) in [6.45, 7) is 0. The van der Waals surface area contributed by atoms with Crippen molar-refractivity contribution in [1.29, 1.82) is 0 Å². The number of imidazole rings is 1. The van der Waals surface area contributed by atoms with Crippen molar-refractivity contribution in [2.24, 2.45) is 7.05 Å². The van der Waals surface area contributed by atoms with Gasteiger partial charge in [-0.15, -0.1) is 0 Å². The van der Waals surface area contributed by atoms with Crippen LogP contribution >= 0.6 is 0 Å². The Morgan fingerprint density at radius 1 is 1.62 bits per heavy atom. The van der Waals surface area contributed by atoms with Gasteiger partial charge in [-0.3, -0.25) is 0 Å². The second-order valence-corrected chi connectivity index (χ2v) is 1.13. The molecule has 2 nitrogen and oxygen atoms in total. The van der Waals surface area contributed by atoms with E-state index in [2.05, 4.69) is 11.2 Å². The third-order valence-electron chi connectivity index (χ3n) is 0.576. The first-order chi connectivity index (χ1) is 2.89. The fourth-order valence-corrected chi connectivity index (χ4v) is 0.291. The van der Waals surface area contributed by atoms with Crippen LogP contribution < -0.4 is 17.0 Å². The van der Waals surface area contributed by atoms with Crippen LogP contribution in [0.15, 0.2) is 12.5 Å². The zero-order valence-electron chi connectivity index (χ0n) is 4.63. The zero-order chi connectivity index (χ0) is 4.41. The number of hydrogen-bond acceptors (Lipinski definition) is 1. The van der Waals surface area contributed by atoms with Crippen molar-refractivity contribution in [3.63, 3.8) is 0 Å². The molecular weight excluding hydrogens is 180 g/mol. The molecule has 4 heteroatoms. The van der Waals surface area contributed by atoms with Crippen LogP contribution in [0.3, 0.4) is 0 Å². The Bertz CT molecular complexity index is 118. The molecule has 0 atom stereocenters. The normalized spacial score (nSPS) is 6.62. The molecule has 1 heterocycles. The molecule has 1 rings (SSSR count). The van der Waals surface area contributed by atoms with E-state index in [4.69, 9.17) is 0 Å². The van der Waals surface area contributed by atoms with Crippen molar-refractivity contribution in [3.05, 3.63) is 18.7 Å². The number of aromatic nitrogens is 2. The summed E-state index contributed by atoms with van der Waals surface area (Å²) >= 11 is 0. The molecule has 0 aromatic carbocycles. The Morgan fingerprint density at radius 3 is 2.38 bits per heavy atom. The van der Waals surface area contributed by atoms with E-state index in [0.29, 0.717) is 0 Å². The molecule has 0 saturated heterocycles. The van der Waals surface area contributed by atoms with E-state index in [1.165, 1.54) is 0 Å². The maximum absolute atomic E-state index is 3.73. The summed E-state index contributed by atoms with van der Waals surface area (Å²) in [6.07, 6.45) is 6.12. The molecule has 0 aliphatic heterocycles. The number of nitrogens with zero attached hydrogens (tertiary/aromatic N) is 2. The molecule has 8 heavy (non-hydrogen) atoms. The first kappa shape index (κ1) is 11.3. The molecule has 0 bridgehead atoms. The van der Waals surface area contributed by atoms with Gasteiger partial charge in [0, 0.05) is 0 Å². The second-order valence-electron chi connectivity index (χ2n) is 1.13. The van der Waals surface area contributed by atoms with Crippen LogP contribution in [0.4, 0.5) is 0 Å². The number of halogens is 1. The van der Waals surface area contributed by atoms with Gasteiger partial charge < -0.3 is 26.5 Å². The summed E-state index contributed by atoms with van der Waals surface area (Å²) in [6, 6.07) is 0. The van der Waals surface area contributed by atoms with Crippen LogP contribution in [-0.4, -0.2) is 32.6 Å². The van der Waals surface area contributed by atoms with E-state index in [1.54, 1.807) is 17.1 Å². The van der Waals surface area contributed by atoms with Gasteiger partial charge in [0.25, 0.3) is 0 Å². The third kappa shape index (κ3) is 3.46. The topological polar surface area (TPSA) is 17.8 Å². The van der Waals surface area contributed by atoms with Crippen molar-refractivity contribution >= 4 is 23.1 Å². The van der Waals surface area contributed by atoms with E-state index in [0.717, 1.165) is 0 Å². The molecule has 0 fully saturated rings. The monoisotopic (exact) mass is 184 g/mol. The Balaban J connectivity index is 0. The van der Waals surface area contributed by atoms with Crippen molar-refractivity contribution in [2.45, 2.75) is 0 Å². The SMILES string of the molecule is Cn1[c-]cnc1.[Br-].[Mg+2]. The van der Waals surface area contributed by atoms with E-state index in [9.17, 15) is 0 Å². The summed E-state index contributed by atoms with van der Waals surface area (Å²) in [5, 5.41) is 0. The fraction of sp³-hybridized carbons (Fsp3) is 0.250. The van der Waals surface area contributed by atoms with Crippen LogP contribution in [0.5, 0.6) is 0 Å². The first-order valence-electron chi connectivity index (χ1n) is 1.73. The van der Waals surface area contributed by atoms with E-state index in [1.807, 2.05) is 7.05 Å². The van der Waals surface area contributed by atoms with Crippen LogP contribution in [0.2, 0.25) is 0 Å². The second kappa shape index (κ2) is 5.59. The van der Waals surface area contributed by atoms with Crippen LogP contribution in [-0.2, 0) is 7.05 Å². The summed E-state index contributed by atoms with van der Waals surface area (Å²) < 4.78 is 1.76. The van der Waals surface area contributed by atoms with Crippen LogP contribution in [0, 0.1) is 6.20 Å². The molecule has 1 aromatic heterocycles. The van der Waals surface area contributed by atoms with Crippen molar-refractivity contribution in [3.8, 4) is 0 Å². The summed E-state index contributed by atoms with van der Waals surface area (Å²) in [5.74, 6) is 0. The van der Waals surface area contributed by atoms with Crippen molar-refractivity contribution in [2.75, 3.05) is 0 Å². The first-order valence-corrected chi connectivity index (χ1v) is 1.73. The van der Waals surface area contributed by atoms with Gasteiger partial charge >= 0.3 is 23.1 Å². The third-order valence-corrected chi connectivity index (χ3v) is 0.576. The van der Waals surface area contributed by atoms with Gasteiger partial charge in [0.15, 0.2) is 0 Å². The zero-order valence-corrected chi connectivity index (χ0v) is 7.63. The standard InChI is InChI=1S/C4H5N2.BrH.Mg/c1-6-3-2-5-4-6;;/h2,4H,1H3;1H;/q-1;;+2/p-1. The van der Waals surface area contributed by atoms with Gasteiger partial charge in [0.2, 0.25) is 0 Å². The minimum Gasteiger partial charge on any atom is -1.00 e. The largest absolute Gasteiger partial charge is 2.00 e. The predicted molar refractivity (Wildman–Crippen MR) is 27.8 cm³/mol. The van der Waals surface area contributed by atoms with Crippen molar-refractivity contribution in [1.82, 2.24) is 9.55 Å². The molecule has 0 unspecified atom stereocenters. The maximum Gasteiger partial charge on any atom is 2.00 e.